The van der Waals surface area contributed by atoms with Gasteiger partial charge < -0.3 is 36.1 Å². The average molecular weight is 1050 g/mol. The summed E-state index contributed by atoms with van der Waals surface area (Å²) in [6.45, 7) is 0. The molecule has 0 saturated carbocycles. The van der Waals surface area contributed by atoms with Crippen molar-refractivity contribution >= 4 is 68.3 Å². The number of nitrogens with two attached hydrogens (primary N) is 3. The molecule has 7 rings (SSSR count). The summed E-state index contributed by atoms with van der Waals surface area (Å²) in [6.07, 6.45) is -0.652. The van der Waals surface area contributed by atoms with Crippen molar-refractivity contribution in [2.45, 2.75) is 39.7 Å². The molecule has 0 aromatic heterocycles. The number of carbonyl (C=O) groups is 3. The van der Waals surface area contributed by atoms with Gasteiger partial charge in [0.15, 0.2) is 17.5 Å². The highest BCUT2D eigenvalue weighted by Crippen LogP contribution is 2.46. The number of thioether (sulfide) groups is 1. The highest BCUT2D eigenvalue weighted by Gasteiger charge is 2.27. The van der Waals surface area contributed by atoms with Crippen LogP contribution in [-0.2, 0) is 39.2 Å². The molecule has 6 N–H and O–H groups in total. The number of rotatable bonds is 16. The van der Waals surface area contributed by atoms with Crippen molar-refractivity contribution in [1.29, 1.82) is 0 Å². The minimum Gasteiger partial charge on any atom is -0.497 e. The van der Waals surface area contributed by atoms with Crippen LogP contribution in [-0.4, -0.2) is 46.3 Å². The maximum Gasteiger partial charge on any atom is 0.338 e. The Labute approximate surface area is 423 Å². The van der Waals surface area contributed by atoms with Crippen LogP contribution in [0, 0.1) is 34.9 Å². The molecule has 72 heavy (non-hydrogen) atoms. The van der Waals surface area contributed by atoms with Crippen LogP contribution in [0.5, 0.6) is 5.75 Å². The van der Waals surface area contributed by atoms with Gasteiger partial charge in [-0.15, -0.1) is 11.8 Å². The van der Waals surface area contributed by atoms with Crippen molar-refractivity contribution in [3.05, 3.63) is 206 Å². The van der Waals surface area contributed by atoms with Gasteiger partial charge in [-0.05, 0) is 70.8 Å². The lowest BCUT2D eigenvalue weighted by Crippen LogP contribution is -2.12. The second-order valence-electron chi connectivity index (χ2n) is 15.5. The van der Waals surface area contributed by atoms with Crippen LogP contribution < -0.4 is 21.9 Å². The lowest BCUT2D eigenvalue weighted by molar-refractivity contribution is 0.0589. The summed E-state index contributed by atoms with van der Waals surface area (Å²) in [7, 11) is 6.73. The predicted octanol–water partition coefficient (Wildman–Crippen LogP) is 12.2. The number of benzene rings is 7. The van der Waals surface area contributed by atoms with Crippen LogP contribution in [0.1, 0.15) is 70.0 Å². The van der Waals surface area contributed by atoms with Crippen molar-refractivity contribution in [3.63, 3.8) is 0 Å². The Bertz CT molecular complexity index is 3020. The number of carbonyl (C=O) groups excluding carboxylic acids is 3. The zero-order chi connectivity index (χ0) is 52.2. The zero-order valence-electron chi connectivity index (χ0n) is 38.9. The van der Waals surface area contributed by atoms with Gasteiger partial charge >= 0.3 is 17.9 Å². The smallest absolute Gasteiger partial charge is 0.338 e. The minimum atomic E-state index is -0.945. The molecule has 7 aromatic rings. The summed E-state index contributed by atoms with van der Waals surface area (Å²) in [6, 6.07) is 29.0. The van der Waals surface area contributed by atoms with Gasteiger partial charge in [-0.1, -0.05) is 88.3 Å². The van der Waals surface area contributed by atoms with Crippen molar-refractivity contribution in [2.75, 3.05) is 45.6 Å². The van der Waals surface area contributed by atoms with Gasteiger partial charge in [0.2, 0.25) is 0 Å². The highest BCUT2D eigenvalue weighted by molar-refractivity contribution is 8.76. The van der Waals surface area contributed by atoms with E-state index < -0.39 is 52.8 Å². The Morgan fingerprint density at radius 1 is 0.458 bits per heavy atom. The number of ether oxygens (including phenoxy) is 4. The van der Waals surface area contributed by atoms with E-state index in [4.69, 9.17) is 36.1 Å². The molecule has 0 atom stereocenters. The SMILES string of the molecule is COC(=O)c1cc(SCc2ccc(OC)cc2)c(N)c(F)c1Cc1ccccc1F.COC(=O)c1cc(SSc2cc(C(=O)OC)c(Cc3ccccc3F)c(F)c2N)c(N)c(F)c1Cc1ccccc1F. The monoisotopic (exact) mass is 1050 g/mol. The Balaban J connectivity index is 0.000000249. The molecule has 0 heterocycles. The molecule has 0 aliphatic heterocycles. The molecule has 10 nitrogen and oxygen atoms in total. The molecule has 7 aromatic carbocycles. The second-order valence-corrected chi connectivity index (χ2v) is 18.7. The fourth-order valence-corrected chi connectivity index (χ4v) is 10.4. The second kappa shape index (κ2) is 24.8. The zero-order valence-corrected chi connectivity index (χ0v) is 41.3. The molecular formula is C53H45F6N3O7S3. The number of nitrogen functional groups attached to an aromatic ring is 3. The lowest BCUT2D eigenvalue weighted by Gasteiger charge is -2.17. The molecule has 0 radical (unpaired) electrons. The maximum absolute atomic E-state index is 15.6. The normalized spacial score (nSPS) is 10.8. The van der Waals surface area contributed by atoms with Gasteiger partial charge in [0.1, 0.15) is 23.2 Å². The quantitative estimate of drug-likeness (QED) is 0.0209. The Kier molecular flexibility index (Phi) is 18.6. The molecule has 0 spiro atoms. The fraction of sp³-hybridized carbons (Fsp3) is 0.151. The highest BCUT2D eigenvalue weighted by atomic mass is 33.1. The summed E-state index contributed by atoms with van der Waals surface area (Å²) in [5.74, 6) is -5.48. The van der Waals surface area contributed by atoms with Crippen LogP contribution in [0.2, 0.25) is 0 Å². The van der Waals surface area contributed by atoms with E-state index in [-0.39, 0.29) is 96.2 Å². The van der Waals surface area contributed by atoms with E-state index in [0.29, 0.717) is 10.6 Å². The third-order valence-electron chi connectivity index (χ3n) is 11.1. The number of halogens is 6. The maximum atomic E-state index is 15.6. The van der Waals surface area contributed by atoms with Crippen LogP contribution in [0.25, 0.3) is 0 Å². The van der Waals surface area contributed by atoms with Crippen molar-refractivity contribution in [1.82, 2.24) is 0 Å². The molecule has 0 unspecified atom stereocenters. The first-order valence-corrected chi connectivity index (χ1v) is 24.5. The Hall–Kier alpha value is -7.22. The molecular weight excluding hydrogens is 1000 g/mol. The van der Waals surface area contributed by atoms with E-state index in [1.165, 1.54) is 79.5 Å². The topological polar surface area (TPSA) is 166 Å². The van der Waals surface area contributed by atoms with E-state index >= 15 is 13.2 Å². The number of hydrogen-bond donors (Lipinski definition) is 3. The van der Waals surface area contributed by atoms with Crippen LogP contribution >= 0.6 is 33.3 Å². The molecule has 0 aliphatic carbocycles. The number of esters is 3. The minimum absolute atomic E-state index is 0.0123. The Morgan fingerprint density at radius 3 is 1.10 bits per heavy atom. The largest absolute Gasteiger partial charge is 0.497 e. The number of hydrogen-bond acceptors (Lipinski definition) is 13. The first-order chi connectivity index (χ1) is 34.5. The lowest BCUT2D eigenvalue weighted by atomic mass is 9.98. The molecule has 19 heteroatoms. The van der Waals surface area contributed by atoms with Crippen LogP contribution in [0.4, 0.5) is 43.4 Å². The molecule has 0 bridgehead atoms. The van der Waals surface area contributed by atoms with Crippen LogP contribution in [0.3, 0.4) is 0 Å². The van der Waals surface area contributed by atoms with E-state index in [0.717, 1.165) is 47.1 Å². The van der Waals surface area contributed by atoms with E-state index in [2.05, 4.69) is 0 Å². The third-order valence-corrected chi connectivity index (χ3v) is 14.6. The van der Waals surface area contributed by atoms with E-state index in [1.54, 1.807) is 37.4 Å². The van der Waals surface area contributed by atoms with Gasteiger partial charge in [-0.3, -0.25) is 0 Å². The molecule has 0 amide bonds. The number of methoxy groups -OCH3 is 4. The first-order valence-electron chi connectivity index (χ1n) is 21.4. The van der Waals surface area contributed by atoms with Crippen molar-refractivity contribution < 1.29 is 59.7 Å². The van der Waals surface area contributed by atoms with Gasteiger partial charge in [0.05, 0.1) is 62.2 Å². The van der Waals surface area contributed by atoms with Gasteiger partial charge in [-0.2, -0.15) is 0 Å². The standard InChI is InChI=1S/C30H24F4N2O4S2.C23H21F2NO3S/c1-39-29(37)19-13-23(27(35)25(33)17(19)11-15-7-3-5-9-21(15)31)41-42-24-14-20(30(38)40-2)18(26(34)28(24)36)12-16-8-4-6-10-22(16)32;1-28-16-9-7-14(8-10-16)13-30-20-12-18(23(27)29-2)17(21(25)22(20)26)11-15-5-3-4-6-19(15)24/h3-10,13-14H,11-12,35-36H2,1-2H3;3-10,12H,11,13,26H2,1-2H3. The molecule has 0 saturated heterocycles. The van der Waals surface area contributed by atoms with Crippen molar-refractivity contribution in [3.8, 4) is 5.75 Å². The van der Waals surface area contributed by atoms with Crippen molar-refractivity contribution in [2.24, 2.45) is 0 Å². The van der Waals surface area contributed by atoms with Crippen LogP contribution in [0.15, 0.2) is 130 Å². The summed E-state index contributed by atoms with van der Waals surface area (Å²) >= 11 is 1.30. The molecule has 374 valence electrons. The first kappa shape index (κ1) is 54.1. The summed E-state index contributed by atoms with van der Waals surface area (Å²) in [5.41, 5.74) is 18.3. The molecule has 0 aliphatic rings. The van der Waals surface area contributed by atoms with E-state index in [1.807, 2.05) is 24.3 Å². The Morgan fingerprint density at radius 2 is 0.778 bits per heavy atom. The van der Waals surface area contributed by atoms with Gasteiger partial charge in [-0.25, -0.2) is 40.7 Å². The predicted molar refractivity (Wildman–Crippen MR) is 268 cm³/mol. The van der Waals surface area contributed by atoms with E-state index in [9.17, 15) is 27.6 Å². The summed E-state index contributed by atoms with van der Waals surface area (Å²) in [4.78, 5) is 38.0. The number of anilines is 3. The average Bonchev–Trinajstić information content (AvgIpc) is 3.39. The van der Waals surface area contributed by atoms with Gasteiger partial charge in [0, 0.05) is 56.4 Å². The fourth-order valence-electron chi connectivity index (χ4n) is 7.18. The summed E-state index contributed by atoms with van der Waals surface area (Å²) in [5, 5.41) is 0. The summed E-state index contributed by atoms with van der Waals surface area (Å²) < 4.78 is 109. The third kappa shape index (κ3) is 12.6. The molecule has 0 fully saturated rings. The van der Waals surface area contributed by atoms with Gasteiger partial charge in [0.25, 0.3) is 0 Å².